The quantitative estimate of drug-likeness (QED) is 0.751. The third-order valence-corrected chi connectivity index (χ3v) is 4.55. The molecule has 0 radical (unpaired) electrons. The second-order valence-corrected chi connectivity index (χ2v) is 5.41. The van der Waals surface area contributed by atoms with Crippen molar-refractivity contribution in [2.75, 3.05) is 7.05 Å². The van der Waals surface area contributed by atoms with Crippen LogP contribution in [0.5, 0.6) is 0 Å². The van der Waals surface area contributed by atoms with E-state index in [1.54, 1.807) is 19.3 Å². The first-order valence-electron chi connectivity index (χ1n) is 4.89. The number of hydrogen-bond acceptors (Lipinski definition) is 4. The molecule has 2 rings (SSSR count). The summed E-state index contributed by atoms with van der Waals surface area (Å²) in [5.74, 6) is 0.454. The summed E-state index contributed by atoms with van der Waals surface area (Å²) in [5.41, 5.74) is 0. The third-order valence-electron chi connectivity index (χ3n) is 2.70. The van der Waals surface area contributed by atoms with Gasteiger partial charge in [-0.3, -0.25) is 0 Å². The van der Waals surface area contributed by atoms with Crippen LogP contribution in [-0.4, -0.2) is 39.8 Å². The SMILES string of the molecule is Cc1nccn1S(=O)(=O)N1C=CN(C)C1C. The van der Waals surface area contributed by atoms with Gasteiger partial charge in [0.05, 0.1) is 0 Å². The van der Waals surface area contributed by atoms with Gasteiger partial charge in [-0.25, -0.2) is 13.3 Å². The lowest BCUT2D eigenvalue weighted by Crippen LogP contribution is -2.40. The highest BCUT2D eigenvalue weighted by Gasteiger charge is 2.31. The molecule has 7 heteroatoms. The molecule has 0 N–H and O–H groups in total. The molecule has 6 nitrogen and oxygen atoms in total. The van der Waals surface area contributed by atoms with Gasteiger partial charge in [0.25, 0.3) is 0 Å². The Bertz CT molecular complexity index is 519. The molecule has 0 fully saturated rings. The Hall–Kier alpha value is -1.50. The van der Waals surface area contributed by atoms with E-state index in [0.717, 1.165) is 0 Å². The maximum absolute atomic E-state index is 12.2. The zero-order chi connectivity index (χ0) is 11.9. The molecule has 0 spiro atoms. The van der Waals surface area contributed by atoms with Gasteiger partial charge in [0.1, 0.15) is 12.0 Å². The fraction of sp³-hybridized carbons (Fsp3) is 0.444. The summed E-state index contributed by atoms with van der Waals surface area (Å²) in [6.45, 7) is 3.48. The number of imidazole rings is 1. The lowest BCUT2D eigenvalue weighted by Gasteiger charge is -2.26. The first kappa shape index (κ1) is 11.0. The van der Waals surface area contributed by atoms with Crippen LogP contribution in [0.25, 0.3) is 0 Å². The largest absolute Gasteiger partial charge is 0.358 e. The highest BCUT2D eigenvalue weighted by molar-refractivity contribution is 7.87. The summed E-state index contributed by atoms with van der Waals surface area (Å²) in [5, 5.41) is 0. The molecule has 16 heavy (non-hydrogen) atoms. The molecule has 0 aromatic carbocycles. The number of rotatable bonds is 2. The second kappa shape index (κ2) is 3.51. The Labute approximate surface area is 95.0 Å². The van der Waals surface area contributed by atoms with E-state index in [9.17, 15) is 8.42 Å². The van der Waals surface area contributed by atoms with Crippen LogP contribution in [0.1, 0.15) is 12.7 Å². The van der Waals surface area contributed by atoms with Crippen molar-refractivity contribution < 1.29 is 8.42 Å². The maximum atomic E-state index is 12.2. The Morgan fingerprint density at radius 2 is 2.06 bits per heavy atom. The highest BCUT2D eigenvalue weighted by Crippen LogP contribution is 2.19. The van der Waals surface area contributed by atoms with E-state index in [-0.39, 0.29) is 6.17 Å². The van der Waals surface area contributed by atoms with Crippen molar-refractivity contribution in [1.29, 1.82) is 0 Å². The Kier molecular flexibility index (Phi) is 2.42. The smallest absolute Gasteiger partial charge is 0.332 e. The molecule has 2 heterocycles. The van der Waals surface area contributed by atoms with E-state index >= 15 is 0 Å². The van der Waals surface area contributed by atoms with E-state index in [2.05, 4.69) is 4.98 Å². The van der Waals surface area contributed by atoms with Crippen LogP contribution < -0.4 is 0 Å². The summed E-state index contributed by atoms with van der Waals surface area (Å²) in [7, 11) is -1.72. The molecule has 1 aromatic heterocycles. The van der Waals surface area contributed by atoms with Gasteiger partial charge in [-0.15, -0.1) is 0 Å². The van der Waals surface area contributed by atoms with Crippen molar-refractivity contribution >= 4 is 10.2 Å². The van der Waals surface area contributed by atoms with Crippen molar-refractivity contribution in [3.63, 3.8) is 0 Å². The van der Waals surface area contributed by atoms with Crippen molar-refractivity contribution in [2.45, 2.75) is 20.0 Å². The molecule has 0 saturated heterocycles. The predicted molar refractivity (Wildman–Crippen MR) is 59.5 cm³/mol. The number of nitrogens with zero attached hydrogens (tertiary/aromatic N) is 4. The first-order chi connectivity index (χ1) is 7.44. The van der Waals surface area contributed by atoms with Crippen molar-refractivity contribution in [3.05, 3.63) is 30.6 Å². The molecule has 0 bridgehead atoms. The first-order valence-corrected chi connectivity index (χ1v) is 6.28. The fourth-order valence-electron chi connectivity index (χ4n) is 1.58. The van der Waals surface area contributed by atoms with Gasteiger partial charge in [0.15, 0.2) is 0 Å². The van der Waals surface area contributed by atoms with Crippen LogP contribution in [0.2, 0.25) is 0 Å². The second-order valence-electron chi connectivity index (χ2n) is 3.70. The Balaban J connectivity index is 2.42. The lowest BCUT2D eigenvalue weighted by atomic mass is 10.6. The van der Waals surface area contributed by atoms with Crippen LogP contribution in [0, 0.1) is 6.92 Å². The summed E-state index contributed by atoms with van der Waals surface area (Å²) in [6, 6.07) is 0. The van der Waals surface area contributed by atoms with Gasteiger partial charge < -0.3 is 4.90 Å². The molecule has 0 saturated carbocycles. The third kappa shape index (κ3) is 1.47. The van der Waals surface area contributed by atoms with Gasteiger partial charge >= 0.3 is 10.2 Å². The summed E-state index contributed by atoms with van der Waals surface area (Å²) >= 11 is 0. The number of aryl methyl sites for hydroxylation is 1. The van der Waals surface area contributed by atoms with Gasteiger partial charge in [0.2, 0.25) is 0 Å². The molecule has 1 aromatic rings. The van der Waals surface area contributed by atoms with Crippen LogP contribution in [0.4, 0.5) is 0 Å². The molecule has 0 aliphatic carbocycles. The maximum Gasteiger partial charge on any atom is 0.332 e. The van der Waals surface area contributed by atoms with Crippen LogP contribution >= 0.6 is 0 Å². The molecule has 88 valence electrons. The molecular formula is C9H14N4O2S. The summed E-state index contributed by atoms with van der Waals surface area (Å²) < 4.78 is 27.0. The summed E-state index contributed by atoms with van der Waals surface area (Å²) in [6.07, 6.45) is 5.99. The normalized spacial score (nSPS) is 20.8. The monoisotopic (exact) mass is 242 g/mol. The van der Waals surface area contributed by atoms with Crippen LogP contribution in [0.3, 0.4) is 0 Å². The van der Waals surface area contributed by atoms with Gasteiger partial charge in [-0.05, 0) is 13.8 Å². The number of aromatic nitrogens is 2. The molecule has 1 unspecified atom stereocenters. The van der Waals surface area contributed by atoms with Crippen molar-refractivity contribution in [2.24, 2.45) is 0 Å². The molecule has 0 amide bonds. The standard InChI is InChI=1S/C9H14N4O2S/c1-8-10-4-5-12(8)16(14,15)13-7-6-11(3)9(13)2/h4-7,9H,1-3H3. The predicted octanol–water partition coefficient (Wildman–Crippen LogP) is 0.349. The fourth-order valence-corrected chi connectivity index (χ4v) is 3.12. The van der Waals surface area contributed by atoms with E-state index in [0.29, 0.717) is 5.82 Å². The zero-order valence-corrected chi connectivity index (χ0v) is 10.2. The Morgan fingerprint density at radius 3 is 2.50 bits per heavy atom. The van der Waals surface area contributed by atoms with Crippen LogP contribution in [0.15, 0.2) is 24.8 Å². The van der Waals surface area contributed by atoms with Crippen molar-refractivity contribution in [3.8, 4) is 0 Å². The minimum Gasteiger partial charge on any atom is -0.358 e. The molecule has 1 atom stereocenters. The van der Waals surface area contributed by atoms with E-state index in [1.807, 2.05) is 18.9 Å². The zero-order valence-electron chi connectivity index (χ0n) is 9.40. The number of hydrogen-bond donors (Lipinski definition) is 0. The average Bonchev–Trinajstić information content (AvgIpc) is 2.76. The molecule has 1 aliphatic heterocycles. The minimum atomic E-state index is -3.55. The average molecular weight is 242 g/mol. The minimum absolute atomic E-state index is 0.216. The molecule has 1 aliphatic rings. The van der Waals surface area contributed by atoms with Gasteiger partial charge in [-0.1, -0.05) is 0 Å². The Morgan fingerprint density at radius 1 is 1.38 bits per heavy atom. The van der Waals surface area contributed by atoms with Crippen LogP contribution in [-0.2, 0) is 10.2 Å². The molecular weight excluding hydrogens is 228 g/mol. The van der Waals surface area contributed by atoms with Gasteiger partial charge in [0, 0.05) is 31.8 Å². The summed E-state index contributed by atoms with van der Waals surface area (Å²) in [4.78, 5) is 5.74. The highest BCUT2D eigenvalue weighted by atomic mass is 32.2. The van der Waals surface area contributed by atoms with Gasteiger partial charge in [-0.2, -0.15) is 8.42 Å². The van der Waals surface area contributed by atoms with E-state index in [1.165, 1.54) is 20.7 Å². The lowest BCUT2D eigenvalue weighted by molar-refractivity contribution is 0.271. The van der Waals surface area contributed by atoms with E-state index < -0.39 is 10.2 Å². The topological polar surface area (TPSA) is 58.4 Å². The van der Waals surface area contributed by atoms with Crippen molar-refractivity contribution in [1.82, 2.24) is 18.2 Å². The van der Waals surface area contributed by atoms with E-state index in [4.69, 9.17) is 0 Å².